The number of benzene rings is 2. The van der Waals surface area contributed by atoms with Crippen molar-refractivity contribution in [2.45, 2.75) is 13.8 Å². The molecule has 5 nitrogen and oxygen atoms in total. The Morgan fingerprint density at radius 1 is 0.966 bits per heavy atom. The van der Waals surface area contributed by atoms with Gasteiger partial charge in [-0.05, 0) is 56.3 Å². The molecule has 0 atom stereocenters. The summed E-state index contributed by atoms with van der Waals surface area (Å²) in [5.41, 5.74) is 1.99. The fourth-order valence-electron chi connectivity index (χ4n) is 2.94. The molecule has 0 spiro atoms. The largest absolute Gasteiger partial charge is 0.372 e. The molecular formula is C22H22F2N4O. The number of nitrogens with zero attached hydrogens (tertiary/aromatic N) is 2. The van der Waals surface area contributed by atoms with E-state index in [9.17, 15) is 13.6 Å². The van der Waals surface area contributed by atoms with Gasteiger partial charge in [0.1, 0.15) is 17.3 Å². The van der Waals surface area contributed by atoms with Gasteiger partial charge in [-0.3, -0.25) is 9.78 Å². The van der Waals surface area contributed by atoms with Gasteiger partial charge in [0.05, 0.1) is 17.4 Å². The van der Waals surface area contributed by atoms with Crippen molar-refractivity contribution >= 4 is 28.7 Å². The summed E-state index contributed by atoms with van der Waals surface area (Å²) in [4.78, 5) is 18.7. The molecule has 2 N–H and O–H groups in total. The van der Waals surface area contributed by atoms with E-state index >= 15 is 0 Å². The Bertz CT molecular complexity index is 968. The number of nitrogens with one attached hydrogen (secondary N) is 2. The molecule has 0 radical (unpaired) electrons. The SMILES string of the molecule is CCN(CC)c1ccc(NC(=O)c2cncc(Nc3c(F)cccc3F)c2)cc1. The molecule has 3 aromatic rings. The lowest BCUT2D eigenvalue weighted by atomic mass is 10.2. The lowest BCUT2D eigenvalue weighted by Crippen LogP contribution is -2.21. The number of hydrogen-bond acceptors (Lipinski definition) is 4. The second-order valence-electron chi connectivity index (χ2n) is 6.36. The Hall–Kier alpha value is -3.48. The number of para-hydroxylation sites is 1. The maximum absolute atomic E-state index is 13.8. The standard InChI is InChI=1S/C22H22F2N4O/c1-3-28(4-2)18-10-8-16(9-11-18)27-22(29)15-12-17(14-25-13-15)26-21-19(23)6-5-7-20(21)24/h5-14,26H,3-4H2,1-2H3,(H,27,29). The van der Waals surface area contributed by atoms with E-state index in [0.29, 0.717) is 11.4 Å². The van der Waals surface area contributed by atoms with E-state index in [1.807, 2.05) is 24.3 Å². The van der Waals surface area contributed by atoms with Gasteiger partial charge in [-0.25, -0.2) is 8.78 Å². The van der Waals surface area contributed by atoms with E-state index in [2.05, 4.69) is 34.4 Å². The first-order chi connectivity index (χ1) is 14.0. The monoisotopic (exact) mass is 396 g/mol. The first-order valence-electron chi connectivity index (χ1n) is 9.34. The zero-order chi connectivity index (χ0) is 20.8. The Morgan fingerprint density at radius 2 is 1.62 bits per heavy atom. The molecule has 0 bridgehead atoms. The third-order valence-electron chi connectivity index (χ3n) is 4.49. The zero-order valence-corrected chi connectivity index (χ0v) is 16.2. The number of amides is 1. The van der Waals surface area contributed by atoms with Crippen LogP contribution in [0.15, 0.2) is 60.9 Å². The minimum absolute atomic E-state index is 0.263. The number of hydrogen-bond donors (Lipinski definition) is 2. The van der Waals surface area contributed by atoms with Crippen LogP contribution in [0.3, 0.4) is 0 Å². The number of carbonyl (C=O) groups excluding carboxylic acids is 1. The molecule has 0 saturated heterocycles. The number of aromatic nitrogens is 1. The van der Waals surface area contributed by atoms with Crippen LogP contribution >= 0.6 is 0 Å². The summed E-state index contributed by atoms with van der Waals surface area (Å²) in [6, 6.07) is 12.6. The normalized spacial score (nSPS) is 10.5. The average Bonchev–Trinajstić information content (AvgIpc) is 2.73. The van der Waals surface area contributed by atoms with E-state index < -0.39 is 11.6 Å². The number of carbonyl (C=O) groups is 1. The molecular weight excluding hydrogens is 374 g/mol. The molecule has 1 aromatic heterocycles. The van der Waals surface area contributed by atoms with Gasteiger partial charge < -0.3 is 15.5 Å². The highest BCUT2D eigenvalue weighted by atomic mass is 19.1. The minimum Gasteiger partial charge on any atom is -0.372 e. The highest BCUT2D eigenvalue weighted by Gasteiger charge is 2.12. The lowest BCUT2D eigenvalue weighted by Gasteiger charge is -2.21. The van der Waals surface area contributed by atoms with E-state index in [1.54, 1.807) is 0 Å². The minimum atomic E-state index is -0.729. The van der Waals surface area contributed by atoms with Gasteiger partial charge in [0.2, 0.25) is 0 Å². The van der Waals surface area contributed by atoms with Crippen LogP contribution in [0.4, 0.5) is 31.5 Å². The van der Waals surface area contributed by atoms with Gasteiger partial charge in [0.25, 0.3) is 5.91 Å². The van der Waals surface area contributed by atoms with Gasteiger partial charge in [0.15, 0.2) is 0 Å². The van der Waals surface area contributed by atoms with Crippen LogP contribution in [-0.2, 0) is 0 Å². The first-order valence-corrected chi connectivity index (χ1v) is 9.34. The number of halogens is 2. The van der Waals surface area contributed by atoms with Crippen LogP contribution in [-0.4, -0.2) is 24.0 Å². The maximum Gasteiger partial charge on any atom is 0.257 e. The average molecular weight is 396 g/mol. The molecule has 0 saturated carbocycles. The second-order valence-corrected chi connectivity index (χ2v) is 6.36. The van der Waals surface area contributed by atoms with Gasteiger partial charge >= 0.3 is 0 Å². The van der Waals surface area contributed by atoms with E-state index in [-0.39, 0.29) is 17.2 Å². The summed E-state index contributed by atoms with van der Waals surface area (Å²) in [5.74, 6) is -1.83. The molecule has 150 valence electrons. The van der Waals surface area contributed by atoms with Gasteiger partial charge in [-0.15, -0.1) is 0 Å². The molecule has 0 aliphatic heterocycles. The first kappa shape index (κ1) is 20.3. The molecule has 7 heteroatoms. The molecule has 0 fully saturated rings. The molecule has 29 heavy (non-hydrogen) atoms. The third-order valence-corrected chi connectivity index (χ3v) is 4.49. The molecule has 1 heterocycles. The maximum atomic E-state index is 13.8. The Kier molecular flexibility index (Phi) is 6.39. The summed E-state index contributed by atoms with van der Waals surface area (Å²) in [7, 11) is 0. The van der Waals surface area contributed by atoms with E-state index in [4.69, 9.17) is 0 Å². The van der Waals surface area contributed by atoms with Crippen molar-refractivity contribution in [1.29, 1.82) is 0 Å². The number of pyridine rings is 1. The van der Waals surface area contributed by atoms with Crippen LogP contribution in [0.25, 0.3) is 0 Å². The number of anilines is 4. The smallest absolute Gasteiger partial charge is 0.257 e. The summed E-state index contributed by atoms with van der Waals surface area (Å²) in [5, 5.41) is 5.44. The molecule has 3 rings (SSSR count). The van der Waals surface area contributed by atoms with E-state index in [1.165, 1.54) is 24.5 Å². The van der Waals surface area contributed by atoms with Crippen LogP contribution in [0.1, 0.15) is 24.2 Å². The van der Waals surface area contributed by atoms with Crippen LogP contribution < -0.4 is 15.5 Å². The van der Waals surface area contributed by atoms with Gasteiger partial charge in [0, 0.05) is 30.7 Å². The molecule has 0 unspecified atom stereocenters. The van der Waals surface area contributed by atoms with E-state index in [0.717, 1.165) is 30.9 Å². The molecule has 1 amide bonds. The topological polar surface area (TPSA) is 57.3 Å². The predicted octanol–water partition coefficient (Wildman–Crippen LogP) is 5.20. The second kappa shape index (κ2) is 9.14. The van der Waals surface area contributed by atoms with Crippen molar-refractivity contribution in [2.24, 2.45) is 0 Å². The van der Waals surface area contributed by atoms with Crippen molar-refractivity contribution in [2.75, 3.05) is 28.6 Å². The summed E-state index contributed by atoms with van der Waals surface area (Å²) < 4.78 is 27.6. The molecule has 0 aliphatic carbocycles. The Labute approximate surface area is 168 Å². The van der Waals surface area contributed by atoms with Crippen LogP contribution in [0.5, 0.6) is 0 Å². The summed E-state index contributed by atoms with van der Waals surface area (Å²) >= 11 is 0. The van der Waals surface area contributed by atoms with Crippen molar-refractivity contribution in [3.8, 4) is 0 Å². The van der Waals surface area contributed by atoms with Gasteiger partial charge in [-0.1, -0.05) is 6.07 Å². The third kappa shape index (κ3) is 4.87. The molecule has 2 aromatic carbocycles. The predicted molar refractivity (Wildman–Crippen MR) is 112 cm³/mol. The zero-order valence-electron chi connectivity index (χ0n) is 16.2. The van der Waals surface area contributed by atoms with Crippen molar-refractivity contribution in [3.05, 3.63) is 78.1 Å². The fourth-order valence-corrected chi connectivity index (χ4v) is 2.94. The van der Waals surface area contributed by atoms with Crippen LogP contribution in [0.2, 0.25) is 0 Å². The van der Waals surface area contributed by atoms with Crippen LogP contribution in [0, 0.1) is 11.6 Å². The fraction of sp³-hybridized carbons (Fsp3) is 0.182. The van der Waals surface area contributed by atoms with Gasteiger partial charge in [-0.2, -0.15) is 0 Å². The Morgan fingerprint density at radius 3 is 2.24 bits per heavy atom. The highest BCUT2D eigenvalue weighted by molar-refractivity contribution is 6.04. The lowest BCUT2D eigenvalue weighted by molar-refractivity contribution is 0.102. The highest BCUT2D eigenvalue weighted by Crippen LogP contribution is 2.24. The van der Waals surface area contributed by atoms with Crippen molar-refractivity contribution in [3.63, 3.8) is 0 Å². The molecule has 0 aliphatic rings. The quantitative estimate of drug-likeness (QED) is 0.576. The summed E-state index contributed by atoms with van der Waals surface area (Å²) in [6.45, 7) is 5.97. The Balaban J connectivity index is 1.73. The van der Waals surface area contributed by atoms with Crippen molar-refractivity contribution in [1.82, 2.24) is 4.98 Å². The van der Waals surface area contributed by atoms with Crippen molar-refractivity contribution < 1.29 is 13.6 Å². The number of rotatable bonds is 7. The summed E-state index contributed by atoms with van der Waals surface area (Å²) in [6.07, 6.45) is 2.78.